The van der Waals surface area contributed by atoms with Crippen molar-refractivity contribution in [3.05, 3.63) is 94.6 Å². The van der Waals surface area contributed by atoms with Crippen LogP contribution in [0.3, 0.4) is 0 Å². The van der Waals surface area contributed by atoms with E-state index in [2.05, 4.69) is 65.4 Å². The second-order valence-corrected chi connectivity index (χ2v) is 19.6. The molecule has 1 N–H and O–H groups in total. The van der Waals surface area contributed by atoms with Crippen molar-refractivity contribution in [1.29, 1.82) is 0 Å². The van der Waals surface area contributed by atoms with Crippen LogP contribution in [0.25, 0.3) is 0 Å². The smallest absolute Gasteiger partial charge is 0.340 e. The normalized spacial score (nSPS) is 21.6. The molecule has 3 aromatic carbocycles. The molecule has 0 aliphatic carbocycles. The van der Waals surface area contributed by atoms with Crippen LogP contribution in [0.15, 0.2) is 66.7 Å². The van der Waals surface area contributed by atoms with Gasteiger partial charge in [0, 0.05) is 85.0 Å². The van der Waals surface area contributed by atoms with Gasteiger partial charge in [0.05, 0.1) is 5.56 Å². The van der Waals surface area contributed by atoms with Crippen LogP contribution in [0.1, 0.15) is 70.5 Å². The monoisotopic (exact) mass is 686 g/mol. The zero-order valence-electron chi connectivity index (χ0n) is 28.7. The highest BCUT2D eigenvalue weighted by Crippen LogP contribution is 2.51. The first-order valence-corrected chi connectivity index (χ1v) is 20.6. The Balaban J connectivity index is 1.18. The number of ether oxygens (including phenoxy) is 1. The number of carbonyl (C=O) groups excluding carboxylic acids is 4. The Hall–Kier alpha value is -4.70. The molecule has 256 valence electrons. The highest BCUT2D eigenvalue weighted by Gasteiger charge is 2.58. The first-order chi connectivity index (χ1) is 24.2. The van der Waals surface area contributed by atoms with E-state index in [1.165, 1.54) is 65.3 Å². The Labute approximate surface area is 293 Å². The molecule has 6 aliphatic heterocycles. The lowest BCUT2D eigenvalue weighted by Crippen LogP contribution is -2.67. The zero-order valence-corrected chi connectivity index (χ0v) is 29.7. The van der Waals surface area contributed by atoms with Crippen molar-refractivity contribution < 1.29 is 23.9 Å². The van der Waals surface area contributed by atoms with Crippen LogP contribution >= 0.6 is 0 Å². The first kappa shape index (κ1) is 31.3. The molecule has 3 amide bonds. The van der Waals surface area contributed by atoms with Crippen LogP contribution < -0.4 is 25.5 Å². The van der Waals surface area contributed by atoms with Gasteiger partial charge in [0.2, 0.25) is 0 Å². The maximum absolute atomic E-state index is 13.9. The third-order valence-electron chi connectivity index (χ3n) is 12.0. The Kier molecular flexibility index (Phi) is 7.14. The lowest BCUT2D eigenvalue weighted by Gasteiger charge is -2.49. The summed E-state index contributed by atoms with van der Waals surface area (Å²) in [6, 6.07) is 21.3. The Morgan fingerprint density at radius 2 is 1.36 bits per heavy atom. The summed E-state index contributed by atoms with van der Waals surface area (Å²) in [4.78, 5) is 57.6. The minimum absolute atomic E-state index is 0.0800. The predicted octanol–water partition coefficient (Wildman–Crippen LogP) is 3.78. The molecule has 9 nitrogen and oxygen atoms in total. The van der Waals surface area contributed by atoms with Gasteiger partial charge in [0.15, 0.2) is 5.60 Å². The lowest BCUT2D eigenvalue weighted by molar-refractivity contribution is -0.136. The number of imide groups is 1. The highest BCUT2D eigenvalue weighted by atomic mass is 28.3. The summed E-state index contributed by atoms with van der Waals surface area (Å²) in [6.45, 7) is 8.95. The SMILES string of the molecule is CC1CN(c2ccc3c(c2)[Si]2(CCCCC2)c2cc(N4CC(C)C4)ccc2C32OC(=O)c3ccc(C(=O)NCCN4C(=O)C=CC4=O)cc32)C1. The maximum atomic E-state index is 13.9. The summed E-state index contributed by atoms with van der Waals surface area (Å²) in [5.74, 6) is -0.154. The van der Waals surface area contributed by atoms with Crippen LogP contribution in [-0.4, -0.2) is 75.9 Å². The van der Waals surface area contributed by atoms with Crippen molar-refractivity contribution in [2.75, 3.05) is 49.1 Å². The van der Waals surface area contributed by atoms with E-state index in [0.717, 1.165) is 42.2 Å². The minimum Gasteiger partial charge on any atom is -0.441 e. The number of fused-ring (bicyclic) bond motifs is 8. The molecule has 6 heterocycles. The fraction of sp³-hybridized carbons (Fsp3) is 0.400. The maximum Gasteiger partial charge on any atom is 0.340 e. The number of amides is 3. The van der Waals surface area contributed by atoms with Crippen molar-refractivity contribution in [2.45, 2.75) is 50.8 Å². The molecular weight excluding hydrogens is 645 g/mol. The standard InChI is InChI=1S/C40H42N4O5Si/c1-25-21-42(22-25)28-7-10-31-34(19-28)50(16-4-3-5-17-50)35-20-29(43-23-26(2)24-43)8-11-32(35)40(31)33-18-27(6-9-30(33)39(48)49-40)38(47)41-14-15-44-36(45)12-13-37(44)46/h6-13,18-20,25-26H,3-5,14-17,21-24H2,1-2H3,(H,41,47). The number of rotatable bonds is 6. The van der Waals surface area contributed by atoms with E-state index < -0.39 is 13.7 Å². The molecular formula is C40H42N4O5Si. The van der Waals surface area contributed by atoms with Crippen molar-refractivity contribution in [2.24, 2.45) is 11.8 Å². The van der Waals surface area contributed by atoms with E-state index in [1.54, 1.807) is 12.1 Å². The van der Waals surface area contributed by atoms with Gasteiger partial charge in [0.25, 0.3) is 17.7 Å². The van der Waals surface area contributed by atoms with Crippen LogP contribution in [-0.2, 0) is 19.9 Å². The number of hydrogen-bond acceptors (Lipinski definition) is 7. The third-order valence-corrected chi connectivity index (χ3v) is 17.3. The Morgan fingerprint density at radius 1 is 0.780 bits per heavy atom. The molecule has 6 aliphatic rings. The number of nitrogens with zero attached hydrogens (tertiary/aromatic N) is 3. The van der Waals surface area contributed by atoms with Crippen LogP contribution in [0, 0.1) is 11.8 Å². The van der Waals surface area contributed by atoms with Crippen molar-refractivity contribution in [3.63, 3.8) is 0 Å². The number of hydrogen-bond donors (Lipinski definition) is 1. The van der Waals surface area contributed by atoms with Crippen molar-refractivity contribution in [3.8, 4) is 0 Å². The molecule has 0 unspecified atom stereocenters. The molecule has 0 radical (unpaired) electrons. The zero-order chi connectivity index (χ0) is 34.4. The topological polar surface area (TPSA) is 99.3 Å². The summed E-state index contributed by atoms with van der Waals surface area (Å²) < 4.78 is 6.71. The summed E-state index contributed by atoms with van der Waals surface area (Å²) in [5, 5.41) is 5.63. The molecule has 0 bridgehead atoms. The molecule has 0 saturated carbocycles. The number of nitrogens with one attached hydrogen (secondary N) is 1. The van der Waals surface area contributed by atoms with Gasteiger partial charge in [-0.3, -0.25) is 19.3 Å². The van der Waals surface area contributed by atoms with E-state index >= 15 is 0 Å². The van der Waals surface area contributed by atoms with Gasteiger partial charge in [-0.05, 0) is 76.8 Å². The van der Waals surface area contributed by atoms with Gasteiger partial charge >= 0.3 is 5.97 Å². The molecule has 0 atom stereocenters. The predicted molar refractivity (Wildman–Crippen MR) is 194 cm³/mol. The largest absolute Gasteiger partial charge is 0.441 e. The van der Waals surface area contributed by atoms with Gasteiger partial charge in [0.1, 0.15) is 8.07 Å². The fourth-order valence-electron chi connectivity index (χ4n) is 9.51. The second-order valence-electron chi connectivity index (χ2n) is 15.4. The minimum atomic E-state index is -2.28. The molecule has 3 aromatic rings. The van der Waals surface area contributed by atoms with E-state index in [-0.39, 0.29) is 36.8 Å². The van der Waals surface area contributed by atoms with Crippen molar-refractivity contribution in [1.82, 2.24) is 10.2 Å². The lowest BCUT2D eigenvalue weighted by atomic mass is 9.78. The quantitative estimate of drug-likeness (QED) is 0.240. The second kappa shape index (κ2) is 11.4. The molecule has 2 spiro atoms. The van der Waals surface area contributed by atoms with Gasteiger partial charge in [-0.25, -0.2) is 4.79 Å². The molecule has 3 fully saturated rings. The first-order valence-electron chi connectivity index (χ1n) is 18.2. The van der Waals surface area contributed by atoms with Gasteiger partial charge in [-0.15, -0.1) is 0 Å². The summed E-state index contributed by atoms with van der Waals surface area (Å²) in [6.07, 6.45) is 6.10. The summed E-state index contributed by atoms with van der Waals surface area (Å²) >= 11 is 0. The average Bonchev–Trinajstić information content (AvgIpc) is 3.58. The Morgan fingerprint density at radius 3 is 1.92 bits per heavy atom. The summed E-state index contributed by atoms with van der Waals surface area (Å²) in [5.41, 5.74) is 4.97. The van der Waals surface area contributed by atoms with E-state index in [1.807, 2.05) is 6.07 Å². The number of benzene rings is 3. The van der Waals surface area contributed by atoms with Crippen molar-refractivity contribution >= 4 is 53.5 Å². The van der Waals surface area contributed by atoms with Gasteiger partial charge < -0.3 is 19.9 Å². The van der Waals surface area contributed by atoms with Crippen LogP contribution in [0.2, 0.25) is 12.1 Å². The molecule has 0 aromatic heterocycles. The number of esters is 1. The fourth-order valence-corrected chi connectivity index (χ4v) is 15.2. The Bertz CT molecular complexity index is 1920. The molecule has 9 rings (SSSR count). The third kappa shape index (κ3) is 4.56. The molecule has 50 heavy (non-hydrogen) atoms. The van der Waals surface area contributed by atoms with E-state index in [9.17, 15) is 19.2 Å². The van der Waals surface area contributed by atoms with Gasteiger partial charge in [-0.2, -0.15) is 0 Å². The van der Waals surface area contributed by atoms with E-state index in [4.69, 9.17) is 4.74 Å². The van der Waals surface area contributed by atoms with Gasteiger partial charge in [-0.1, -0.05) is 45.2 Å². The number of anilines is 2. The average molecular weight is 687 g/mol. The van der Waals surface area contributed by atoms with Crippen LogP contribution in [0.4, 0.5) is 11.4 Å². The number of carbonyl (C=O) groups is 4. The summed E-state index contributed by atoms with van der Waals surface area (Å²) in [7, 11) is -2.28. The molecule has 3 saturated heterocycles. The molecule has 10 heteroatoms. The highest BCUT2D eigenvalue weighted by molar-refractivity contribution is 7.03. The van der Waals surface area contributed by atoms with Crippen LogP contribution in [0.5, 0.6) is 0 Å². The van der Waals surface area contributed by atoms with E-state index in [0.29, 0.717) is 28.5 Å².